The van der Waals surface area contributed by atoms with Gasteiger partial charge >= 0.3 is 0 Å². The second-order valence-corrected chi connectivity index (χ2v) is 9.88. The Morgan fingerprint density at radius 3 is 2.22 bits per heavy atom. The van der Waals surface area contributed by atoms with Gasteiger partial charge in [-0.05, 0) is 82.5 Å². The molecule has 0 aromatic carbocycles. The van der Waals surface area contributed by atoms with Crippen LogP contribution in [0.3, 0.4) is 0 Å². The minimum atomic E-state index is 0. The molecule has 2 N–H and O–H groups in total. The van der Waals surface area contributed by atoms with E-state index in [-0.39, 0.29) is 12.4 Å². The van der Waals surface area contributed by atoms with E-state index in [9.17, 15) is 0 Å². The summed E-state index contributed by atoms with van der Waals surface area (Å²) in [7, 11) is 0. The quantitative estimate of drug-likeness (QED) is 0.807. The van der Waals surface area contributed by atoms with Crippen molar-refractivity contribution in [3.63, 3.8) is 0 Å². The molecule has 0 unspecified atom stereocenters. The van der Waals surface area contributed by atoms with Gasteiger partial charge in [0.1, 0.15) is 17.2 Å². The number of nitrogens with two attached hydrogens (primary N) is 1. The maximum Gasteiger partial charge on any atom is 0.203 e. The van der Waals surface area contributed by atoms with Gasteiger partial charge in [-0.1, -0.05) is 0 Å². The van der Waals surface area contributed by atoms with E-state index in [2.05, 4.69) is 23.2 Å². The normalized spacial score (nSPS) is 36.4. The maximum atomic E-state index is 4.90. The van der Waals surface area contributed by atoms with Gasteiger partial charge in [-0.2, -0.15) is 0 Å². The van der Waals surface area contributed by atoms with E-state index in [4.69, 9.17) is 9.97 Å². The first-order valence-electron chi connectivity index (χ1n) is 10.9. The molecule has 1 aromatic rings. The van der Waals surface area contributed by atoms with Gasteiger partial charge in [0, 0.05) is 24.6 Å². The van der Waals surface area contributed by atoms with Crippen molar-refractivity contribution >= 4 is 17.6 Å². The van der Waals surface area contributed by atoms with Crippen LogP contribution in [-0.2, 0) is 0 Å². The highest BCUT2D eigenvalue weighted by Gasteiger charge is 2.55. The van der Waals surface area contributed by atoms with Crippen molar-refractivity contribution in [1.29, 1.82) is 0 Å². The molecule has 146 valence electrons. The smallest absolute Gasteiger partial charge is 0.203 e. The van der Waals surface area contributed by atoms with Gasteiger partial charge in [0.05, 0.1) is 0 Å². The molecule has 7 rings (SSSR count). The fourth-order valence-electron chi connectivity index (χ4n) is 7.30. The number of allylic oxidation sites excluding steroid dienone is 1. The van der Waals surface area contributed by atoms with Crippen LogP contribution in [0.15, 0.2) is 5.70 Å². The van der Waals surface area contributed by atoms with Crippen LogP contribution in [0.5, 0.6) is 0 Å². The zero-order valence-corrected chi connectivity index (χ0v) is 17.1. The number of rotatable bonds is 2. The second kappa shape index (κ2) is 6.45. The van der Waals surface area contributed by atoms with Crippen LogP contribution in [-0.4, -0.2) is 23.1 Å². The number of piperidine rings is 1. The molecule has 0 amide bonds. The zero-order valence-electron chi connectivity index (χ0n) is 16.4. The third kappa shape index (κ3) is 2.82. The van der Waals surface area contributed by atoms with Crippen molar-refractivity contribution in [3.8, 4) is 0 Å². The van der Waals surface area contributed by atoms with E-state index in [1.165, 1.54) is 75.0 Å². The molecule has 4 nitrogen and oxygen atoms in total. The summed E-state index contributed by atoms with van der Waals surface area (Å²) in [4.78, 5) is 12.3. The Bertz CT molecular complexity index is 745. The maximum absolute atomic E-state index is 4.90. The molecular weight excluding hydrogens is 356 g/mol. The first-order chi connectivity index (χ1) is 12.7. The monoisotopic (exact) mass is 386 g/mol. The molecular formula is C22H31ClN4. The Hall–Kier alpha value is -1.13. The zero-order chi connectivity index (χ0) is 17.3. The molecule has 5 heteroatoms. The van der Waals surface area contributed by atoms with Crippen molar-refractivity contribution in [3.05, 3.63) is 17.2 Å². The Balaban J connectivity index is 0.00000160. The topological polar surface area (TPSA) is 45.6 Å². The molecule has 0 spiro atoms. The number of anilines is 1. The molecule has 6 aliphatic rings. The Morgan fingerprint density at radius 2 is 1.59 bits per heavy atom. The highest BCUT2D eigenvalue weighted by molar-refractivity contribution is 5.73. The fraction of sp³-hybridized carbons (Fsp3) is 0.727. The first-order valence-corrected chi connectivity index (χ1v) is 10.9. The molecule has 4 bridgehead atoms. The van der Waals surface area contributed by atoms with Crippen LogP contribution in [0.2, 0.25) is 0 Å². The highest BCUT2D eigenvalue weighted by atomic mass is 35.5. The summed E-state index contributed by atoms with van der Waals surface area (Å²) in [5.74, 6) is 5.12. The number of hydrogen-bond donors (Lipinski definition) is 1. The van der Waals surface area contributed by atoms with E-state index in [0.29, 0.717) is 5.41 Å². The molecule has 0 radical (unpaired) electrons. The summed E-state index contributed by atoms with van der Waals surface area (Å²) in [5.41, 5.74) is 4.58. The van der Waals surface area contributed by atoms with Crippen molar-refractivity contribution in [2.75, 3.05) is 18.0 Å². The lowest BCUT2D eigenvalue weighted by molar-refractivity contribution is -0.529. The molecule has 4 saturated carbocycles. The number of hydrogen-bond acceptors (Lipinski definition) is 3. The summed E-state index contributed by atoms with van der Waals surface area (Å²) < 4.78 is 0. The van der Waals surface area contributed by atoms with Crippen molar-refractivity contribution in [2.24, 2.45) is 23.2 Å². The fourth-order valence-corrected chi connectivity index (χ4v) is 7.30. The Kier molecular flexibility index (Phi) is 4.28. The Labute approximate surface area is 168 Å². The second-order valence-electron chi connectivity index (χ2n) is 9.88. The third-order valence-corrected chi connectivity index (χ3v) is 7.97. The number of aromatic nitrogens is 2. The highest BCUT2D eigenvalue weighted by Crippen LogP contribution is 2.62. The minimum absolute atomic E-state index is 0. The number of nitrogens with zero attached hydrogens (tertiary/aromatic N) is 3. The van der Waals surface area contributed by atoms with Crippen LogP contribution < -0.4 is 22.6 Å². The van der Waals surface area contributed by atoms with E-state index >= 15 is 0 Å². The first kappa shape index (κ1) is 17.9. The number of fused-ring (bicyclic) bond motifs is 1. The molecule has 4 aliphatic carbocycles. The minimum Gasteiger partial charge on any atom is -1.00 e. The SMILES string of the molecule is Cc1nc2c(c(N3CCCCC3)n1)[NH2+]C(C13CC4CC(CC(C4)C1)C3)=C2.[Cl-]. The Morgan fingerprint density at radius 1 is 0.963 bits per heavy atom. The van der Waals surface area contributed by atoms with Crippen LogP contribution >= 0.6 is 0 Å². The van der Waals surface area contributed by atoms with Crippen molar-refractivity contribution in [2.45, 2.75) is 64.7 Å². The van der Waals surface area contributed by atoms with E-state index in [0.717, 1.165) is 36.7 Å². The molecule has 5 fully saturated rings. The van der Waals surface area contributed by atoms with Crippen molar-refractivity contribution < 1.29 is 17.7 Å². The van der Waals surface area contributed by atoms with Crippen molar-refractivity contribution in [1.82, 2.24) is 9.97 Å². The molecule has 0 atom stereocenters. The molecule has 27 heavy (non-hydrogen) atoms. The van der Waals surface area contributed by atoms with E-state index in [1.54, 1.807) is 5.70 Å². The summed E-state index contributed by atoms with van der Waals surface area (Å²) >= 11 is 0. The number of aryl methyl sites for hydroxylation is 1. The summed E-state index contributed by atoms with van der Waals surface area (Å²) in [5, 5.41) is 2.51. The van der Waals surface area contributed by atoms with Gasteiger partial charge < -0.3 is 17.3 Å². The van der Waals surface area contributed by atoms with E-state index < -0.39 is 0 Å². The molecule has 1 aromatic heterocycles. The van der Waals surface area contributed by atoms with Crippen LogP contribution in [0.4, 0.5) is 11.5 Å². The average Bonchev–Trinajstić information content (AvgIpc) is 3.05. The predicted molar refractivity (Wildman–Crippen MR) is 103 cm³/mol. The van der Waals surface area contributed by atoms with Crippen LogP contribution in [0.25, 0.3) is 6.08 Å². The van der Waals surface area contributed by atoms with E-state index in [1.807, 2.05) is 0 Å². The average molecular weight is 387 g/mol. The summed E-state index contributed by atoms with van der Waals surface area (Å²) in [6.07, 6.45) is 15.2. The van der Waals surface area contributed by atoms with Gasteiger partial charge in [-0.25, -0.2) is 9.97 Å². The van der Waals surface area contributed by atoms with Gasteiger partial charge in [0.2, 0.25) is 5.69 Å². The summed E-state index contributed by atoms with van der Waals surface area (Å²) in [6.45, 7) is 4.37. The molecule has 3 heterocycles. The third-order valence-electron chi connectivity index (χ3n) is 7.97. The largest absolute Gasteiger partial charge is 1.00 e. The van der Waals surface area contributed by atoms with Gasteiger partial charge in [-0.3, -0.25) is 5.32 Å². The molecule has 1 saturated heterocycles. The number of halogens is 1. The predicted octanol–water partition coefficient (Wildman–Crippen LogP) is 0.545. The van der Waals surface area contributed by atoms with Crippen LogP contribution in [0, 0.1) is 30.1 Å². The lowest BCUT2D eigenvalue weighted by Gasteiger charge is -2.56. The number of quaternary nitrogens is 1. The van der Waals surface area contributed by atoms with Gasteiger partial charge in [-0.15, -0.1) is 0 Å². The van der Waals surface area contributed by atoms with Crippen LogP contribution in [0.1, 0.15) is 69.3 Å². The van der Waals surface area contributed by atoms with Gasteiger partial charge in [0.15, 0.2) is 5.82 Å². The lowest BCUT2D eigenvalue weighted by atomic mass is 9.49. The van der Waals surface area contributed by atoms with Gasteiger partial charge in [0.25, 0.3) is 0 Å². The standard InChI is InChI=1S/C22H30N4.ClH/c1-14-23-18-10-19(22-11-15-7-16(12-22)9-17(8-15)13-22)25-20(18)21(24-14)26-5-3-2-4-6-26;/h10,15-17,25H,2-9,11-13H2,1H3;1H. The molecule has 2 aliphatic heterocycles. The lowest BCUT2D eigenvalue weighted by Crippen LogP contribution is -3.00. The summed E-state index contributed by atoms with van der Waals surface area (Å²) in [6, 6.07) is 0.